The standard InChI is InChI=1S/C4H9NO.HO3P/c1-4(6)3-5-2;1-4(2)3/h5-6H,1,3H2,2H3;(H-,1,2,3)/p+1. The van der Waals surface area contributed by atoms with Crippen molar-refractivity contribution in [2.75, 3.05) is 13.6 Å². The van der Waals surface area contributed by atoms with Gasteiger partial charge in [0.25, 0.3) is 0 Å². The molecule has 0 aromatic carbocycles. The Kier molecular flexibility index (Phi) is 10.4. The monoisotopic (exact) mass is 168 g/mol. The third kappa shape index (κ3) is 50.3. The zero-order chi connectivity index (χ0) is 8.57. The molecular weight excluding hydrogens is 157 g/mol. The van der Waals surface area contributed by atoms with Crippen LogP contribution in [0.2, 0.25) is 0 Å². The highest BCUT2D eigenvalue weighted by atomic mass is 31.1. The molecule has 4 N–H and O–H groups in total. The zero-order valence-electron chi connectivity index (χ0n) is 5.61. The highest BCUT2D eigenvalue weighted by Crippen LogP contribution is 1.98. The van der Waals surface area contributed by atoms with E-state index in [1.165, 1.54) is 0 Å². The largest absolute Gasteiger partial charge is 0.692 e. The summed E-state index contributed by atoms with van der Waals surface area (Å²) in [5.41, 5.74) is 0. The molecule has 0 bridgehead atoms. The lowest BCUT2D eigenvalue weighted by molar-refractivity contribution is 0.397. The number of rotatable bonds is 2. The predicted molar refractivity (Wildman–Crippen MR) is 37.7 cm³/mol. The van der Waals surface area contributed by atoms with Crippen LogP contribution in [0.4, 0.5) is 0 Å². The molecule has 0 aliphatic carbocycles. The van der Waals surface area contributed by atoms with Crippen LogP contribution < -0.4 is 5.32 Å². The molecular formula is C4H11NO4P+. The average molecular weight is 168 g/mol. The van der Waals surface area contributed by atoms with Gasteiger partial charge < -0.3 is 10.4 Å². The van der Waals surface area contributed by atoms with E-state index in [1.54, 1.807) is 7.05 Å². The molecule has 0 radical (unpaired) electrons. The van der Waals surface area contributed by atoms with Gasteiger partial charge in [-0.15, -0.1) is 9.79 Å². The first-order chi connectivity index (χ1) is 4.50. The minimum atomic E-state index is -2.87. The van der Waals surface area contributed by atoms with Crippen LogP contribution in [0, 0.1) is 0 Å². The Bertz CT molecular complexity index is 112. The van der Waals surface area contributed by atoms with E-state index in [2.05, 4.69) is 11.9 Å². The lowest BCUT2D eigenvalue weighted by Crippen LogP contribution is -2.08. The van der Waals surface area contributed by atoms with E-state index in [0.29, 0.717) is 6.54 Å². The maximum absolute atomic E-state index is 8.70. The SMILES string of the molecule is C=C(O)CNC.O=[P+](O)O. The van der Waals surface area contributed by atoms with Crippen molar-refractivity contribution in [3.63, 3.8) is 0 Å². The summed E-state index contributed by atoms with van der Waals surface area (Å²) >= 11 is 0. The van der Waals surface area contributed by atoms with Crippen LogP contribution in [-0.2, 0) is 4.57 Å². The van der Waals surface area contributed by atoms with Gasteiger partial charge in [-0.2, -0.15) is 0 Å². The summed E-state index contributed by atoms with van der Waals surface area (Å²) in [6.07, 6.45) is 0. The molecule has 0 saturated heterocycles. The Morgan fingerprint density at radius 3 is 2.00 bits per heavy atom. The van der Waals surface area contributed by atoms with Crippen LogP contribution >= 0.6 is 8.25 Å². The summed E-state index contributed by atoms with van der Waals surface area (Å²) < 4.78 is 8.70. The molecule has 0 aromatic rings. The number of hydrogen-bond acceptors (Lipinski definition) is 3. The number of nitrogens with one attached hydrogen (secondary N) is 1. The van der Waals surface area contributed by atoms with Crippen LogP contribution in [0.1, 0.15) is 0 Å². The van der Waals surface area contributed by atoms with Crippen molar-refractivity contribution in [1.29, 1.82) is 0 Å². The second kappa shape index (κ2) is 8.52. The van der Waals surface area contributed by atoms with Gasteiger partial charge >= 0.3 is 8.25 Å². The predicted octanol–water partition coefficient (Wildman–Crippen LogP) is -0.0941. The summed E-state index contributed by atoms with van der Waals surface area (Å²) in [7, 11) is -1.12. The van der Waals surface area contributed by atoms with Gasteiger partial charge in [-0.1, -0.05) is 6.58 Å². The summed E-state index contributed by atoms with van der Waals surface area (Å²) in [5, 5.41) is 11.0. The number of hydrogen-bond donors (Lipinski definition) is 4. The average Bonchev–Trinajstić information content (AvgIpc) is 1.62. The first-order valence-corrected chi connectivity index (χ1v) is 3.53. The van der Waals surface area contributed by atoms with Crippen molar-refractivity contribution in [2.45, 2.75) is 0 Å². The van der Waals surface area contributed by atoms with E-state index >= 15 is 0 Å². The Balaban J connectivity index is 0. The Hall–Kier alpha value is -0.480. The number of aliphatic hydroxyl groups excluding tert-OH is 1. The van der Waals surface area contributed by atoms with Gasteiger partial charge in [-0.05, 0) is 7.05 Å². The topological polar surface area (TPSA) is 89.8 Å². The molecule has 0 amide bonds. The molecule has 0 unspecified atom stereocenters. The van der Waals surface area contributed by atoms with Crippen LogP contribution in [-0.4, -0.2) is 28.5 Å². The van der Waals surface area contributed by atoms with Crippen molar-refractivity contribution in [1.82, 2.24) is 5.32 Å². The fourth-order valence-corrected chi connectivity index (χ4v) is 0.204. The summed E-state index contributed by atoms with van der Waals surface area (Å²) in [5.74, 6) is 0.178. The van der Waals surface area contributed by atoms with Crippen LogP contribution in [0.25, 0.3) is 0 Å². The molecule has 0 fully saturated rings. The molecule has 6 heteroatoms. The normalized spacial score (nSPS) is 7.50. The van der Waals surface area contributed by atoms with Crippen molar-refractivity contribution < 1.29 is 19.5 Å². The summed E-state index contributed by atoms with van der Waals surface area (Å²) in [6, 6.07) is 0. The van der Waals surface area contributed by atoms with Gasteiger partial charge in [0.15, 0.2) is 0 Å². The highest BCUT2D eigenvalue weighted by molar-refractivity contribution is 7.30. The van der Waals surface area contributed by atoms with Gasteiger partial charge in [0.2, 0.25) is 0 Å². The fourth-order valence-electron chi connectivity index (χ4n) is 0.204. The van der Waals surface area contributed by atoms with E-state index in [9.17, 15) is 0 Å². The molecule has 0 atom stereocenters. The van der Waals surface area contributed by atoms with Crippen LogP contribution in [0.15, 0.2) is 12.3 Å². The number of aliphatic hydroxyl groups is 1. The summed E-state index contributed by atoms with van der Waals surface area (Å²) in [4.78, 5) is 14.2. The second-order valence-electron chi connectivity index (χ2n) is 1.35. The first-order valence-electron chi connectivity index (χ1n) is 2.37. The Morgan fingerprint density at radius 1 is 1.70 bits per heavy atom. The number of likely N-dealkylation sites (N-methyl/N-ethyl adjacent to an activating group) is 1. The molecule has 0 spiro atoms. The van der Waals surface area contributed by atoms with Crippen LogP contribution in [0.3, 0.4) is 0 Å². The smallest absolute Gasteiger partial charge is 0.512 e. The third-order valence-electron chi connectivity index (χ3n) is 0.381. The van der Waals surface area contributed by atoms with Crippen LogP contribution in [0.5, 0.6) is 0 Å². The minimum absolute atomic E-state index is 0.178. The van der Waals surface area contributed by atoms with Crippen molar-refractivity contribution in [2.24, 2.45) is 0 Å². The van der Waals surface area contributed by atoms with Gasteiger partial charge in [0, 0.05) is 4.57 Å². The highest BCUT2D eigenvalue weighted by Gasteiger charge is 1.93. The maximum atomic E-state index is 8.70. The van der Waals surface area contributed by atoms with Gasteiger partial charge in [-0.25, -0.2) is 0 Å². The molecule has 0 rings (SSSR count). The molecule has 10 heavy (non-hydrogen) atoms. The van der Waals surface area contributed by atoms with Gasteiger partial charge in [0.05, 0.1) is 12.3 Å². The Labute approximate surface area is 60.0 Å². The third-order valence-corrected chi connectivity index (χ3v) is 0.381. The molecule has 0 heterocycles. The second-order valence-corrected chi connectivity index (χ2v) is 1.85. The van der Waals surface area contributed by atoms with Gasteiger partial charge in [0.1, 0.15) is 0 Å². The van der Waals surface area contributed by atoms with E-state index in [4.69, 9.17) is 19.5 Å². The van der Waals surface area contributed by atoms with Crippen molar-refractivity contribution in [3.05, 3.63) is 12.3 Å². The molecule has 0 aromatic heterocycles. The summed E-state index contributed by atoms with van der Waals surface area (Å²) in [6.45, 7) is 3.72. The lowest BCUT2D eigenvalue weighted by atomic mass is 10.6. The maximum Gasteiger partial charge on any atom is 0.692 e. The molecule has 5 nitrogen and oxygen atoms in total. The lowest BCUT2D eigenvalue weighted by Gasteiger charge is -1.90. The van der Waals surface area contributed by atoms with Crippen molar-refractivity contribution >= 4 is 8.25 Å². The van der Waals surface area contributed by atoms with Crippen molar-refractivity contribution in [3.8, 4) is 0 Å². The zero-order valence-corrected chi connectivity index (χ0v) is 6.51. The van der Waals surface area contributed by atoms with E-state index in [0.717, 1.165) is 0 Å². The van der Waals surface area contributed by atoms with E-state index in [-0.39, 0.29) is 5.76 Å². The molecule has 0 aliphatic rings. The Morgan fingerprint density at radius 2 is 2.00 bits per heavy atom. The van der Waals surface area contributed by atoms with E-state index in [1.807, 2.05) is 0 Å². The molecule has 0 aliphatic heterocycles. The molecule has 60 valence electrons. The van der Waals surface area contributed by atoms with Gasteiger partial charge in [-0.3, -0.25) is 0 Å². The molecule has 0 saturated carbocycles. The fraction of sp³-hybridized carbons (Fsp3) is 0.500. The minimum Gasteiger partial charge on any atom is -0.512 e. The first kappa shape index (κ1) is 12.2. The quantitative estimate of drug-likeness (QED) is 0.341. The van der Waals surface area contributed by atoms with E-state index < -0.39 is 8.25 Å².